The Morgan fingerprint density at radius 2 is 1.28 bits per heavy atom. The molecule has 25 heavy (non-hydrogen) atoms. The zero-order chi connectivity index (χ0) is 19.1. The molecule has 0 atom stereocenters. The Kier molecular flexibility index (Phi) is 14.1. The van der Waals surface area contributed by atoms with Gasteiger partial charge in [-0.05, 0) is 48.0 Å². The van der Waals surface area contributed by atoms with Gasteiger partial charge in [-0.15, -0.1) is 0 Å². The summed E-state index contributed by atoms with van der Waals surface area (Å²) in [5, 5.41) is 0. The highest BCUT2D eigenvalue weighted by atomic mass is 28.5. The van der Waals surface area contributed by atoms with Gasteiger partial charge in [-0.1, -0.05) is 33.8 Å². The van der Waals surface area contributed by atoms with Crippen LogP contribution in [0, 0.1) is 0 Å². The molecule has 0 amide bonds. The molecule has 0 spiro atoms. The van der Waals surface area contributed by atoms with E-state index in [9.17, 15) is 4.79 Å². The summed E-state index contributed by atoms with van der Waals surface area (Å²) >= 11 is 0. The number of nitrogens with zero attached hydrogens (tertiary/aromatic N) is 1. The molecule has 0 unspecified atom stereocenters. The van der Waals surface area contributed by atoms with E-state index in [1.165, 1.54) is 16.7 Å². The molecule has 0 aromatic carbocycles. The first-order valence-electron chi connectivity index (χ1n) is 8.67. The fourth-order valence-corrected chi connectivity index (χ4v) is 12.4. The lowest BCUT2D eigenvalue weighted by atomic mass is 10.4. The molecule has 0 heterocycles. The SMILES string of the molecule is CC(C)=C[SiH2]O[Si](CCCN=C=O)(O[SiH2]C=C(C)C)O[SiH2]C=C(C)C. The Balaban J connectivity index is 5.16. The topological polar surface area (TPSA) is 57.1 Å². The van der Waals surface area contributed by atoms with Crippen molar-refractivity contribution in [1.82, 2.24) is 0 Å². The maximum Gasteiger partial charge on any atom is 0.469 e. The average Bonchev–Trinajstić information content (AvgIpc) is 2.50. The van der Waals surface area contributed by atoms with Crippen molar-refractivity contribution in [3.63, 3.8) is 0 Å². The molecule has 0 saturated carbocycles. The van der Waals surface area contributed by atoms with E-state index in [0.29, 0.717) is 6.54 Å². The zero-order valence-electron chi connectivity index (χ0n) is 16.6. The van der Waals surface area contributed by atoms with E-state index in [4.69, 9.17) is 12.3 Å². The molecule has 0 N–H and O–H groups in total. The highest BCUT2D eigenvalue weighted by Gasteiger charge is 2.38. The monoisotopic (exact) mass is 415 g/mol. The van der Waals surface area contributed by atoms with Gasteiger partial charge in [0.25, 0.3) is 0 Å². The normalized spacial score (nSPS) is 14.0. The van der Waals surface area contributed by atoms with Crippen molar-refractivity contribution in [3.05, 3.63) is 33.8 Å². The number of isocyanates is 1. The molecule has 0 aliphatic heterocycles. The second kappa shape index (κ2) is 14.5. The third-order valence-corrected chi connectivity index (χ3v) is 14.4. The second-order valence-electron chi connectivity index (χ2n) is 6.54. The summed E-state index contributed by atoms with van der Waals surface area (Å²) in [6.07, 6.45) is 2.33. The van der Waals surface area contributed by atoms with Gasteiger partial charge in [-0.2, -0.15) is 0 Å². The van der Waals surface area contributed by atoms with Crippen LogP contribution in [0.1, 0.15) is 48.0 Å². The lowest BCUT2D eigenvalue weighted by Gasteiger charge is -2.30. The molecule has 142 valence electrons. The maximum absolute atomic E-state index is 10.3. The standard InChI is InChI=1S/C16H33NO4Si4/c1-14(2)10-22-19-25(9-7-8-17-13-18,20-23-11-15(3)4)21-24-12-16(5)6/h10-12H,7-9,22-24H2,1-6H3. The number of allylic oxidation sites excluding steroid dienone is 3. The molecular formula is C16H33NO4Si4. The van der Waals surface area contributed by atoms with Crippen LogP contribution in [0.3, 0.4) is 0 Å². The van der Waals surface area contributed by atoms with Crippen molar-refractivity contribution in [2.45, 2.75) is 54.0 Å². The Bertz CT molecular complexity index is 461. The van der Waals surface area contributed by atoms with E-state index >= 15 is 0 Å². The van der Waals surface area contributed by atoms with Gasteiger partial charge in [0.2, 0.25) is 6.08 Å². The summed E-state index contributed by atoms with van der Waals surface area (Å²) in [5.41, 5.74) is 10.4. The van der Waals surface area contributed by atoms with Gasteiger partial charge in [0.05, 0.1) is 6.54 Å². The summed E-state index contributed by atoms with van der Waals surface area (Å²) < 4.78 is 18.9. The third kappa shape index (κ3) is 14.2. The first kappa shape index (κ1) is 24.3. The van der Waals surface area contributed by atoms with E-state index in [1.807, 2.05) is 0 Å². The maximum atomic E-state index is 10.3. The van der Waals surface area contributed by atoms with Crippen LogP contribution in [0.15, 0.2) is 38.8 Å². The molecule has 0 aromatic heterocycles. The van der Waals surface area contributed by atoms with E-state index in [1.54, 1.807) is 6.08 Å². The average molecular weight is 416 g/mol. The zero-order valence-corrected chi connectivity index (χ0v) is 21.8. The summed E-state index contributed by atoms with van der Waals surface area (Å²) in [6.45, 7) is 12.9. The van der Waals surface area contributed by atoms with E-state index < -0.39 is 38.1 Å². The highest BCUT2D eigenvalue weighted by molar-refractivity contribution is 6.75. The lowest BCUT2D eigenvalue weighted by molar-refractivity contribution is 0.283. The minimum absolute atomic E-state index is 0.451. The Labute approximate surface area is 160 Å². The van der Waals surface area contributed by atoms with Gasteiger partial charge in [0.1, 0.15) is 0 Å². The summed E-state index contributed by atoms with van der Waals surface area (Å²) in [6, 6.07) is 0.717. The number of rotatable bonds is 13. The van der Waals surface area contributed by atoms with Crippen molar-refractivity contribution in [3.8, 4) is 0 Å². The van der Waals surface area contributed by atoms with Gasteiger partial charge < -0.3 is 12.3 Å². The number of hydrogen-bond acceptors (Lipinski definition) is 5. The Morgan fingerprint density at radius 3 is 1.60 bits per heavy atom. The predicted octanol–water partition coefficient (Wildman–Crippen LogP) is 1.72. The molecule has 0 aliphatic rings. The predicted molar refractivity (Wildman–Crippen MR) is 115 cm³/mol. The van der Waals surface area contributed by atoms with Crippen LogP contribution in [0.4, 0.5) is 0 Å². The van der Waals surface area contributed by atoms with E-state index in [-0.39, 0.29) is 0 Å². The molecule has 0 aromatic rings. The molecule has 0 bridgehead atoms. The summed E-state index contributed by atoms with van der Waals surface area (Å²) in [7, 11) is -5.17. The molecule has 0 saturated heterocycles. The fraction of sp³-hybridized carbons (Fsp3) is 0.562. The number of hydrogen-bond donors (Lipinski definition) is 0. The molecular weight excluding hydrogens is 383 g/mol. The molecule has 0 rings (SSSR count). The third-order valence-electron chi connectivity index (χ3n) is 3.20. The van der Waals surface area contributed by atoms with Crippen molar-refractivity contribution in [1.29, 1.82) is 0 Å². The summed E-state index contributed by atoms with van der Waals surface area (Å²) in [4.78, 5) is 13.9. The minimum atomic E-state index is -2.68. The van der Waals surface area contributed by atoms with Gasteiger partial charge in [0.15, 0.2) is 29.3 Å². The van der Waals surface area contributed by atoms with Crippen molar-refractivity contribution in [2.75, 3.05) is 6.54 Å². The van der Waals surface area contributed by atoms with Crippen LogP contribution < -0.4 is 0 Å². The van der Waals surface area contributed by atoms with E-state index in [0.717, 1.165) is 12.5 Å². The quantitative estimate of drug-likeness (QED) is 0.199. The van der Waals surface area contributed by atoms with Crippen LogP contribution >= 0.6 is 0 Å². The molecule has 9 heteroatoms. The summed E-state index contributed by atoms with van der Waals surface area (Å²) in [5.74, 6) is 0. The van der Waals surface area contributed by atoms with Gasteiger partial charge in [-0.3, -0.25) is 0 Å². The van der Waals surface area contributed by atoms with Crippen molar-refractivity contribution < 1.29 is 17.1 Å². The Morgan fingerprint density at radius 1 is 0.880 bits per heavy atom. The first-order chi connectivity index (χ1) is 11.8. The number of aliphatic imine (C=N–C) groups is 1. The molecule has 5 nitrogen and oxygen atoms in total. The van der Waals surface area contributed by atoms with Crippen LogP contribution in [0.25, 0.3) is 0 Å². The van der Waals surface area contributed by atoms with Crippen molar-refractivity contribution in [2.24, 2.45) is 4.99 Å². The lowest BCUT2D eigenvalue weighted by Crippen LogP contribution is -2.48. The van der Waals surface area contributed by atoms with Crippen molar-refractivity contribution >= 4 is 44.2 Å². The smallest absolute Gasteiger partial charge is 0.418 e. The fourth-order valence-electron chi connectivity index (χ4n) is 1.77. The molecule has 0 fully saturated rings. The van der Waals surface area contributed by atoms with Gasteiger partial charge in [-0.25, -0.2) is 9.79 Å². The van der Waals surface area contributed by atoms with Crippen LogP contribution in [-0.4, -0.2) is 50.7 Å². The minimum Gasteiger partial charge on any atom is -0.418 e. The largest absolute Gasteiger partial charge is 0.469 e. The highest BCUT2D eigenvalue weighted by Crippen LogP contribution is 2.18. The number of carbonyl (C=O) groups excluding carboxylic acids is 1. The van der Waals surface area contributed by atoms with Gasteiger partial charge in [0, 0.05) is 6.04 Å². The Hall–Kier alpha value is -0.652. The van der Waals surface area contributed by atoms with Crippen LogP contribution in [0.2, 0.25) is 6.04 Å². The van der Waals surface area contributed by atoms with Crippen LogP contribution in [0.5, 0.6) is 0 Å². The molecule has 0 aliphatic carbocycles. The first-order valence-corrected chi connectivity index (χ1v) is 14.8. The van der Waals surface area contributed by atoms with E-state index in [2.05, 4.69) is 63.6 Å². The van der Waals surface area contributed by atoms with Crippen LogP contribution in [-0.2, 0) is 17.1 Å². The second-order valence-corrected chi connectivity index (χ2v) is 14.1. The van der Waals surface area contributed by atoms with Gasteiger partial charge >= 0.3 is 8.80 Å². The molecule has 0 radical (unpaired) electrons.